The van der Waals surface area contributed by atoms with Crippen LogP contribution in [0, 0.1) is 0 Å². The van der Waals surface area contributed by atoms with Crippen LogP contribution >= 0.6 is 57.9 Å². The Morgan fingerprint density at radius 1 is 1.62 bits per heavy atom. The standard InChI is InChI=1S/C7H3BrClIN2S/c8-4-1-5-6(9)3-12(13-10)7(5)11-2-4/h1-3H. The maximum absolute atomic E-state index is 6.03. The zero-order valence-corrected chi connectivity index (χ0v) is 11.5. The van der Waals surface area contributed by atoms with E-state index in [2.05, 4.69) is 42.1 Å². The molecule has 0 aliphatic rings. The Morgan fingerprint density at radius 3 is 3.08 bits per heavy atom. The lowest BCUT2D eigenvalue weighted by Gasteiger charge is -1.95. The summed E-state index contributed by atoms with van der Waals surface area (Å²) in [5, 5.41) is 1.70. The molecule has 2 aromatic rings. The van der Waals surface area contributed by atoms with Crippen molar-refractivity contribution in [3.63, 3.8) is 0 Å². The summed E-state index contributed by atoms with van der Waals surface area (Å²) in [6.45, 7) is 0. The second-order valence-corrected chi connectivity index (χ2v) is 5.43. The molecule has 0 spiro atoms. The van der Waals surface area contributed by atoms with Crippen molar-refractivity contribution < 1.29 is 0 Å². The first-order valence-corrected chi connectivity index (χ1v) is 7.82. The van der Waals surface area contributed by atoms with E-state index in [9.17, 15) is 0 Å². The van der Waals surface area contributed by atoms with Gasteiger partial charge in [0.15, 0.2) is 5.65 Å². The third-order valence-electron chi connectivity index (χ3n) is 1.60. The Labute approximate surface area is 105 Å². The molecule has 0 radical (unpaired) electrons. The Balaban J connectivity index is 2.80. The summed E-state index contributed by atoms with van der Waals surface area (Å²) >= 11 is 11.6. The lowest BCUT2D eigenvalue weighted by Crippen LogP contribution is -1.82. The van der Waals surface area contributed by atoms with E-state index < -0.39 is 0 Å². The molecule has 0 unspecified atom stereocenters. The van der Waals surface area contributed by atoms with Crippen molar-refractivity contribution in [2.75, 3.05) is 0 Å². The van der Waals surface area contributed by atoms with Crippen molar-refractivity contribution in [3.05, 3.63) is 28.0 Å². The molecule has 2 heterocycles. The summed E-state index contributed by atoms with van der Waals surface area (Å²) in [4.78, 5) is 4.28. The van der Waals surface area contributed by atoms with Crippen molar-refractivity contribution >= 4 is 68.9 Å². The Bertz CT molecular complexity index is 459. The van der Waals surface area contributed by atoms with Gasteiger partial charge in [-0.15, -0.1) is 0 Å². The Hall–Kier alpha value is 0.540. The van der Waals surface area contributed by atoms with E-state index in [1.807, 2.05) is 16.2 Å². The van der Waals surface area contributed by atoms with Crippen LogP contribution in [0.4, 0.5) is 0 Å². The highest BCUT2D eigenvalue weighted by molar-refractivity contribution is 14.2. The molecule has 2 rings (SSSR count). The van der Waals surface area contributed by atoms with Crippen LogP contribution in [0.1, 0.15) is 0 Å². The fraction of sp³-hybridized carbons (Fsp3) is 0. The lowest BCUT2D eigenvalue weighted by atomic mass is 10.3. The molecule has 0 saturated carbocycles. The Morgan fingerprint density at radius 2 is 2.38 bits per heavy atom. The van der Waals surface area contributed by atoms with E-state index in [0.29, 0.717) is 0 Å². The van der Waals surface area contributed by atoms with Crippen LogP contribution < -0.4 is 0 Å². The largest absolute Gasteiger partial charge is 0.265 e. The zero-order valence-electron chi connectivity index (χ0n) is 6.17. The molecular formula is C7H3BrClIN2S. The van der Waals surface area contributed by atoms with Crippen LogP contribution in [0.2, 0.25) is 5.02 Å². The Kier molecular flexibility index (Phi) is 3.07. The third-order valence-corrected chi connectivity index (χ3v) is 4.04. The molecule has 6 heteroatoms. The summed E-state index contributed by atoms with van der Waals surface area (Å²) in [6, 6.07) is 1.97. The minimum atomic E-state index is 0.730. The van der Waals surface area contributed by atoms with Crippen molar-refractivity contribution in [1.82, 2.24) is 8.96 Å². The van der Waals surface area contributed by atoms with Gasteiger partial charge in [0.05, 0.1) is 5.02 Å². The topological polar surface area (TPSA) is 17.8 Å². The molecule has 0 aliphatic carbocycles. The predicted octanol–water partition coefficient (Wildman–Crippen LogP) is 4.30. The van der Waals surface area contributed by atoms with Crippen molar-refractivity contribution in [1.29, 1.82) is 0 Å². The second kappa shape index (κ2) is 3.96. The van der Waals surface area contributed by atoms with Crippen LogP contribution in [0.25, 0.3) is 11.0 Å². The molecule has 13 heavy (non-hydrogen) atoms. The average molecular weight is 389 g/mol. The van der Waals surface area contributed by atoms with Crippen LogP contribution in [-0.2, 0) is 0 Å². The van der Waals surface area contributed by atoms with E-state index in [4.69, 9.17) is 11.6 Å². The van der Waals surface area contributed by atoms with Gasteiger partial charge in [-0.3, -0.25) is 3.97 Å². The number of aromatic nitrogens is 2. The van der Waals surface area contributed by atoms with E-state index >= 15 is 0 Å². The molecule has 0 aromatic carbocycles. The van der Waals surface area contributed by atoms with Crippen LogP contribution in [0.3, 0.4) is 0 Å². The number of hydrogen-bond acceptors (Lipinski definition) is 2. The van der Waals surface area contributed by atoms with E-state index in [0.717, 1.165) is 20.5 Å². The molecule has 2 aromatic heterocycles. The molecular weight excluding hydrogens is 386 g/mol. The highest BCUT2D eigenvalue weighted by atomic mass is 127. The second-order valence-electron chi connectivity index (χ2n) is 2.40. The average Bonchev–Trinajstić information content (AvgIpc) is 2.43. The molecule has 0 N–H and O–H groups in total. The molecule has 68 valence electrons. The molecule has 0 aliphatic heterocycles. The van der Waals surface area contributed by atoms with Gasteiger partial charge in [0.1, 0.15) is 0 Å². The molecule has 2 nitrogen and oxygen atoms in total. The summed E-state index contributed by atoms with van der Waals surface area (Å²) in [5.41, 5.74) is 0.896. The SMILES string of the molecule is Clc1cn(SI)c2ncc(Br)cc12. The fourth-order valence-corrected chi connectivity index (χ4v) is 2.95. The van der Waals surface area contributed by atoms with Gasteiger partial charge in [-0.1, -0.05) is 11.6 Å². The third kappa shape index (κ3) is 1.84. The number of fused-ring (bicyclic) bond motifs is 1. The first-order chi connectivity index (χ1) is 6.22. The fourth-order valence-electron chi connectivity index (χ4n) is 1.07. The number of hydrogen-bond donors (Lipinski definition) is 0. The monoisotopic (exact) mass is 388 g/mol. The molecule has 0 atom stereocenters. The summed E-state index contributed by atoms with van der Waals surface area (Å²) < 4.78 is 2.88. The molecule has 0 bridgehead atoms. The number of nitrogens with zero attached hydrogens (tertiary/aromatic N) is 2. The van der Waals surface area contributed by atoms with Gasteiger partial charge in [0.2, 0.25) is 0 Å². The van der Waals surface area contributed by atoms with E-state index in [-0.39, 0.29) is 0 Å². The normalized spacial score (nSPS) is 11.0. The van der Waals surface area contributed by atoms with E-state index in [1.54, 1.807) is 15.3 Å². The van der Waals surface area contributed by atoms with Crippen molar-refractivity contribution in [3.8, 4) is 0 Å². The van der Waals surface area contributed by atoms with Gasteiger partial charge in [0, 0.05) is 52.6 Å². The lowest BCUT2D eigenvalue weighted by molar-refractivity contribution is 1.26. The van der Waals surface area contributed by atoms with E-state index in [1.165, 1.54) is 0 Å². The van der Waals surface area contributed by atoms with Gasteiger partial charge in [-0.05, 0) is 22.0 Å². The first kappa shape index (κ1) is 10.1. The number of pyridine rings is 1. The summed E-state index contributed by atoms with van der Waals surface area (Å²) in [7, 11) is 1.55. The van der Waals surface area contributed by atoms with Gasteiger partial charge in [-0.25, -0.2) is 4.98 Å². The van der Waals surface area contributed by atoms with Crippen LogP contribution in [-0.4, -0.2) is 8.96 Å². The van der Waals surface area contributed by atoms with Gasteiger partial charge < -0.3 is 0 Å². The summed E-state index contributed by atoms with van der Waals surface area (Å²) in [5.74, 6) is 0. The van der Waals surface area contributed by atoms with Crippen LogP contribution in [0.5, 0.6) is 0 Å². The van der Waals surface area contributed by atoms with Gasteiger partial charge in [0.25, 0.3) is 0 Å². The maximum Gasteiger partial charge on any atom is 0.152 e. The molecule has 0 saturated heterocycles. The summed E-state index contributed by atoms with van der Waals surface area (Å²) in [6.07, 6.45) is 3.63. The minimum absolute atomic E-state index is 0.730. The number of rotatable bonds is 1. The maximum atomic E-state index is 6.03. The van der Waals surface area contributed by atoms with Crippen LogP contribution in [0.15, 0.2) is 22.9 Å². The highest BCUT2D eigenvalue weighted by Gasteiger charge is 2.07. The predicted molar refractivity (Wildman–Crippen MR) is 69.5 cm³/mol. The quantitative estimate of drug-likeness (QED) is 0.677. The highest BCUT2D eigenvalue weighted by Crippen LogP contribution is 2.31. The van der Waals surface area contributed by atoms with Gasteiger partial charge in [-0.2, -0.15) is 0 Å². The first-order valence-electron chi connectivity index (χ1n) is 3.33. The number of halogens is 3. The molecule has 0 amide bonds. The van der Waals surface area contributed by atoms with Crippen molar-refractivity contribution in [2.45, 2.75) is 0 Å². The smallest absolute Gasteiger partial charge is 0.152 e. The molecule has 0 fully saturated rings. The minimum Gasteiger partial charge on any atom is -0.265 e. The van der Waals surface area contributed by atoms with Crippen molar-refractivity contribution in [2.24, 2.45) is 0 Å². The zero-order chi connectivity index (χ0) is 9.42. The van der Waals surface area contributed by atoms with Gasteiger partial charge >= 0.3 is 0 Å².